The van der Waals surface area contributed by atoms with E-state index in [1.165, 1.54) is 0 Å². The zero-order chi connectivity index (χ0) is 21.5. The Morgan fingerprint density at radius 3 is 2.81 bits per heavy atom. The molecule has 1 fully saturated rings. The van der Waals surface area contributed by atoms with Gasteiger partial charge in [0.25, 0.3) is 0 Å². The van der Waals surface area contributed by atoms with E-state index in [1.807, 2.05) is 36.4 Å². The highest BCUT2D eigenvalue weighted by Gasteiger charge is 2.22. The van der Waals surface area contributed by atoms with Crippen molar-refractivity contribution in [2.75, 3.05) is 33.3 Å². The van der Waals surface area contributed by atoms with E-state index >= 15 is 0 Å². The maximum Gasteiger partial charge on any atom is 0.213 e. The van der Waals surface area contributed by atoms with Crippen molar-refractivity contribution in [1.82, 2.24) is 25.2 Å². The highest BCUT2D eigenvalue weighted by molar-refractivity contribution is 5.78. The molecule has 2 N–H and O–H groups in total. The molecule has 0 aromatic carbocycles. The van der Waals surface area contributed by atoms with Gasteiger partial charge in [-0.2, -0.15) is 0 Å². The maximum atomic E-state index is 10.9. The van der Waals surface area contributed by atoms with E-state index < -0.39 is 6.10 Å². The summed E-state index contributed by atoms with van der Waals surface area (Å²) in [4.78, 5) is 15.5. The minimum atomic E-state index is -0.615. The molecule has 162 valence electrons. The molecular weight excluding hydrogens is 390 g/mol. The molecule has 0 saturated carbocycles. The number of rotatable bonds is 8. The van der Waals surface area contributed by atoms with Gasteiger partial charge in [0, 0.05) is 43.2 Å². The van der Waals surface area contributed by atoms with E-state index in [-0.39, 0.29) is 0 Å². The first-order valence-electron chi connectivity index (χ1n) is 10.7. The molecule has 1 saturated heterocycles. The zero-order valence-corrected chi connectivity index (χ0v) is 17.8. The van der Waals surface area contributed by atoms with Crippen LogP contribution >= 0.6 is 0 Å². The number of likely N-dealkylation sites (tertiary alicyclic amines) is 1. The van der Waals surface area contributed by atoms with Gasteiger partial charge in [0.05, 0.1) is 29.9 Å². The van der Waals surface area contributed by atoms with Gasteiger partial charge in [-0.15, -0.1) is 0 Å². The van der Waals surface area contributed by atoms with Gasteiger partial charge in [-0.1, -0.05) is 12.1 Å². The van der Waals surface area contributed by atoms with Crippen molar-refractivity contribution in [3.8, 4) is 5.88 Å². The van der Waals surface area contributed by atoms with Crippen molar-refractivity contribution >= 4 is 17.1 Å². The quantitative estimate of drug-likeness (QED) is 0.581. The smallest absolute Gasteiger partial charge is 0.213 e. The van der Waals surface area contributed by atoms with Crippen molar-refractivity contribution in [2.24, 2.45) is 0 Å². The average Bonchev–Trinajstić information content (AvgIpc) is 2.82. The van der Waals surface area contributed by atoms with E-state index in [9.17, 15) is 5.11 Å². The second-order valence-electron chi connectivity index (χ2n) is 7.78. The summed E-state index contributed by atoms with van der Waals surface area (Å²) >= 11 is 0. The molecule has 3 aromatic heterocycles. The number of ether oxygens (including phenoxy) is 1. The lowest BCUT2D eigenvalue weighted by Crippen LogP contribution is -2.43. The average molecular weight is 420 g/mol. The minimum absolute atomic E-state index is 0.495. The van der Waals surface area contributed by atoms with Gasteiger partial charge < -0.3 is 20.1 Å². The molecule has 3 aromatic rings. The number of aliphatic hydroxyl groups is 1. The predicted octanol–water partition coefficient (Wildman–Crippen LogP) is 2.83. The Hall–Kier alpha value is -2.87. The molecule has 0 amide bonds. The van der Waals surface area contributed by atoms with Crippen LogP contribution in [0.1, 0.15) is 30.2 Å². The summed E-state index contributed by atoms with van der Waals surface area (Å²) in [6.45, 7) is 3.33. The highest BCUT2D eigenvalue weighted by Crippen LogP contribution is 2.25. The van der Waals surface area contributed by atoms with Crippen LogP contribution in [0.5, 0.6) is 5.88 Å². The topological polar surface area (TPSA) is 83.4 Å². The van der Waals surface area contributed by atoms with Gasteiger partial charge >= 0.3 is 0 Å². The summed E-state index contributed by atoms with van der Waals surface area (Å²) < 4.78 is 5.24. The van der Waals surface area contributed by atoms with Gasteiger partial charge in [-0.3, -0.25) is 9.97 Å². The lowest BCUT2D eigenvalue weighted by Gasteiger charge is -2.33. The first kappa shape index (κ1) is 21.4. The molecule has 0 radical (unpaired) electrons. The summed E-state index contributed by atoms with van der Waals surface area (Å²) in [5, 5.41) is 14.5. The fourth-order valence-corrected chi connectivity index (χ4v) is 3.96. The number of aromatic nitrogens is 3. The van der Waals surface area contributed by atoms with Crippen LogP contribution in [0.2, 0.25) is 0 Å². The molecule has 1 aliphatic rings. The standard InChI is InChI=1S/C24H29N5O2/c1-31-23-8-7-21-24(28-23)20(9-14-27-21)22(30)17-29-15-10-19(11-16-29)26-13-4-6-18-5-2-3-12-25-18/h2-9,12,14,19,22,26,30H,10-11,13,15-17H2,1H3/b6-4+/t22-/m0/s1. The van der Waals surface area contributed by atoms with Gasteiger partial charge in [-0.05, 0) is 56.3 Å². The molecule has 7 heteroatoms. The largest absolute Gasteiger partial charge is 0.481 e. The lowest BCUT2D eigenvalue weighted by molar-refractivity contribution is 0.0953. The predicted molar refractivity (Wildman–Crippen MR) is 122 cm³/mol. The number of piperidine rings is 1. The molecule has 0 bridgehead atoms. The Morgan fingerprint density at radius 1 is 1.16 bits per heavy atom. The van der Waals surface area contributed by atoms with Crippen LogP contribution in [0.25, 0.3) is 17.1 Å². The van der Waals surface area contributed by atoms with E-state index in [4.69, 9.17) is 4.74 Å². The van der Waals surface area contributed by atoms with Crippen LogP contribution in [0, 0.1) is 0 Å². The van der Waals surface area contributed by atoms with Gasteiger partial charge in [0.2, 0.25) is 5.88 Å². The van der Waals surface area contributed by atoms with Crippen LogP contribution in [-0.2, 0) is 0 Å². The minimum Gasteiger partial charge on any atom is -0.481 e. The third-order valence-corrected chi connectivity index (χ3v) is 5.68. The number of hydrogen-bond acceptors (Lipinski definition) is 7. The molecule has 7 nitrogen and oxygen atoms in total. The maximum absolute atomic E-state index is 10.9. The van der Waals surface area contributed by atoms with Crippen molar-refractivity contribution in [2.45, 2.75) is 25.0 Å². The number of nitrogens with one attached hydrogen (secondary N) is 1. The van der Waals surface area contributed by atoms with E-state index in [1.54, 1.807) is 25.6 Å². The molecule has 4 heterocycles. The van der Waals surface area contributed by atoms with Crippen molar-refractivity contribution in [3.63, 3.8) is 0 Å². The number of aliphatic hydroxyl groups excluding tert-OH is 1. The Labute approximate surface area is 182 Å². The SMILES string of the molecule is COc1ccc2nccc([C@@H](O)CN3CCC(NC/C=C/c4ccccn4)CC3)c2n1. The van der Waals surface area contributed by atoms with Crippen LogP contribution < -0.4 is 10.1 Å². The zero-order valence-electron chi connectivity index (χ0n) is 17.8. The molecular formula is C24H29N5O2. The first-order chi connectivity index (χ1) is 15.2. The summed E-state index contributed by atoms with van der Waals surface area (Å²) in [7, 11) is 1.59. The third kappa shape index (κ3) is 5.64. The summed E-state index contributed by atoms with van der Waals surface area (Å²) in [6.07, 6.45) is 9.20. The number of pyridine rings is 3. The lowest BCUT2D eigenvalue weighted by atomic mass is 10.0. The Bertz CT molecular complexity index is 1000. The molecule has 1 atom stereocenters. The number of methoxy groups -OCH3 is 1. The Kier molecular flexibility index (Phi) is 7.19. The monoisotopic (exact) mass is 419 g/mol. The fourth-order valence-electron chi connectivity index (χ4n) is 3.96. The van der Waals surface area contributed by atoms with Crippen molar-refractivity contribution < 1.29 is 9.84 Å². The third-order valence-electron chi connectivity index (χ3n) is 5.68. The Balaban J connectivity index is 1.27. The first-order valence-corrected chi connectivity index (χ1v) is 10.7. The summed E-state index contributed by atoms with van der Waals surface area (Å²) in [6, 6.07) is 11.9. The van der Waals surface area contributed by atoms with Crippen molar-refractivity contribution in [3.05, 3.63) is 66.1 Å². The second-order valence-corrected chi connectivity index (χ2v) is 7.78. The number of nitrogens with zero attached hydrogens (tertiary/aromatic N) is 4. The van der Waals surface area contributed by atoms with E-state index in [2.05, 4.69) is 31.2 Å². The molecule has 0 aliphatic carbocycles. The number of hydrogen-bond donors (Lipinski definition) is 2. The van der Waals surface area contributed by atoms with Gasteiger partial charge in [-0.25, -0.2) is 4.98 Å². The molecule has 0 spiro atoms. The van der Waals surface area contributed by atoms with Crippen molar-refractivity contribution in [1.29, 1.82) is 0 Å². The van der Waals surface area contributed by atoms with Crippen LogP contribution in [0.4, 0.5) is 0 Å². The van der Waals surface area contributed by atoms with Crippen LogP contribution in [-0.4, -0.2) is 64.3 Å². The Morgan fingerprint density at radius 2 is 2.03 bits per heavy atom. The number of fused-ring (bicyclic) bond motifs is 1. The fraction of sp³-hybridized carbons (Fsp3) is 0.375. The highest BCUT2D eigenvalue weighted by atomic mass is 16.5. The number of β-amino-alcohol motifs (C(OH)–C–C–N with tert-alkyl or cyclic N) is 1. The molecule has 1 aliphatic heterocycles. The second kappa shape index (κ2) is 10.4. The molecule has 4 rings (SSSR count). The normalized spacial score (nSPS) is 16.7. The van der Waals surface area contributed by atoms with Gasteiger partial charge in [0.1, 0.15) is 0 Å². The molecule has 31 heavy (non-hydrogen) atoms. The van der Waals surface area contributed by atoms with Crippen LogP contribution in [0.15, 0.2) is 54.9 Å². The summed E-state index contributed by atoms with van der Waals surface area (Å²) in [5.74, 6) is 0.526. The molecule has 0 unspecified atom stereocenters. The van der Waals surface area contributed by atoms with Gasteiger partial charge in [0.15, 0.2) is 0 Å². The van der Waals surface area contributed by atoms with Crippen LogP contribution in [0.3, 0.4) is 0 Å². The van der Waals surface area contributed by atoms with E-state index in [0.717, 1.165) is 49.2 Å². The van der Waals surface area contributed by atoms with E-state index in [0.29, 0.717) is 24.0 Å². The summed E-state index contributed by atoms with van der Waals surface area (Å²) in [5.41, 5.74) is 3.23.